The van der Waals surface area contributed by atoms with E-state index < -0.39 is 9.84 Å². The van der Waals surface area contributed by atoms with E-state index in [0.29, 0.717) is 23.8 Å². The number of amidine groups is 1. The fourth-order valence-corrected chi connectivity index (χ4v) is 7.91. The number of pyridine rings is 1. The van der Waals surface area contributed by atoms with Crippen LogP contribution in [0.2, 0.25) is 0 Å². The number of nitrogens with zero attached hydrogens (tertiary/aromatic N) is 4. The zero-order valence-electron chi connectivity index (χ0n) is 17.9. The van der Waals surface area contributed by atoms with Crippen LogP contribution in [0.5, 0.6) is 0 Å². The maximum atomic E-state index is 12.6. The number of hydrogen-bond donors (Lipinski definition) is 0. The molecule has 0 aliphatic carbocycles. The predicted molar refractivity (Wildman–Crippen MR) is 129 cm³/mol. The molecule has 2 aromatic heterocycles. The van der Waals surface area contributed by atoms with E-state index in [1.165, 1.54) is 21.7 Å². The first-order valence-electron chi connectivity index (χ1n) is 10.6. The van der Waals surface area contributed by atoms with Gasteiger partial charge in [-0.05, 0) is 35.7 Å². The normalized spacial score (nSPS) is 21.7. The van der Waals surface area contributed by atoms with Gasteiger partial charge in [0.1, 0.15) is 5.65 Å². The van der Waals surface area contributed by atoms with Gasteiger partial charge in [0.05, 0.1) is 29.8 Å². The van der Waals surface area contributed by atoms with Gasteiger partial charge in [0.2, 0.25) is 0 Å². The van der Waals surface area contributed by atoms with Crippen LogP contribution in [0.25, 0.3) is 5.65 Å². The summed E-state index contributed by atoms with van der Waals surface area (Å²) in [6.07, 6.45) is 1.70. The summed E-state index contributed by atoms with van der Waals surface area (Å²) in [5, 5.41) is 0.727. The molecule has 0 unspecified atom stereocenters. The van der Waals surface area contributed by atoms with Gasteiger partial charge in [-0.3, -0.25) is 14.2 Å². The van der Waals surface area contributed by atoms with Gasteiger partial charge < -0.3 is 4.90 Å². The van der Waals surface area contributed by atoms with E-state index in [1.54, 1.807) is 18.3 Å². The van der Waals surface area contributed by atoms with Crippen molar-refractivity contribution in [3.05, 3.63) is 76.3 Å². The second-order valence-electron chi connectivity index (χ2n) is 8.56. The summed E-state index contributed by atoms with van der Waals surface area (Å²) in [7, 11) is -3.03. The van der Waals surface area contributed by atoms with Crippen LogP contribution in [0, 0.1) is 0 Å². The van der Waals surface area contributed by atoms with Crippen molar-refractivity contribution in [2.75, 3.05) is 16.4 Å². The average molecular weight is 469 g/mol. The minimum Gasteiger partial charge on any atom is -0.315 e. The number of hydrogen-bond acceptors (Lipinski definition) is 7. The molecule has 1 saturated heterocycles. The molecule has 3 aromatic rings. The van der Waals surface area contributed by atoms with E-state index in [-0.39, 0.29) is 28.4 Å². The van der Waals surface area contributed by atoms with Gasteiger partial charge in [0.15, 0.2) is 15.0 Å². The molecule has 0 spiro atoms. The van der Waals surface area contributed by atoms with Crippen molar-refractivity contribution in [1.29, 1.82) is 0 Å². The van der Waals surface area contributed by atoms with Gasteiger partial charge in [0.25, 0.3) is 5.56 Å². The fourth-order valence-electron chi connectivity index (χ4n) is 4.13. The summed E-state index contributed by atoms with van der Waals surface area (Å²) in [5.41, 5.74) is 3.28. The average Bonchev–Trinajstić information content (AvgIpc) is 3.25. The van der Waals surface area contributed by atoms with Gasteiger partial charge in [0, 0.05) is 23.2 Å². The molecule has 4 heterocycles. The summed E-state index contributed by atoms with van der Waals surface area (Å²) < 4.78 is 25.5. The molecule has 0 bridgehead atoms. The Morgan fingerprint density at radius 3 is 2.66 bits per heavy atom. The first kappa shape index (κ1) is 21.2. The van der Waals surface area contributed by atoms with Crippen LogP contribution in [-0.4, -0.2) is 45.8 Å². The molecule has 0 N–H and O–H groups in total. The molecule has 0 amide bonds. The van der Waals surface area contributed by atoms with Crippen molar-refractivity contribution in [1.82, 2.24) is 9.38 Å². The molecular weight excluding hydrogens is 444 g/mol. The number of thioether (sulfide) groups is 1. The van der Waals surface area contributed by atoms with Crippen LogP contribution >= 0.6 is 11.8 Å². The van der Waals surface area contributed by atoms with Gasteiger partial charge in [-0.2, -0.15) is 0 Å². The Balaban J connectivity index is 1.52. The highest BCUT2D eigenvalue weighted by molar-refractivity contribution is 8.15. The third-order valence-corrected chi connectivity index (χ3v) is 9.10. The number of anilines is 1. The van der Waals surface area contributed by atoms with Crippen molar-refractivity contribution < 1.29 is 8.42 Å². The van der Waals surface area contributed by atoms with Gasteiger partial charge >= 0.3 is 0 Å². The summed E-state index contributed by atoms with van der Waals surface area (Å²) in [5.74, 6) is 0.678. The largest absolute Gasteiger partial charge is 0.315 e. The van der Waals surface area contributed by atoms with E-state index in [0.717, 1.165) is 10.9 Å². The first-order chi connectivity index (χ1) is 15.3. The lowest BCUT2D eigenvalue weighted by Crippen LogP contribution is -2.29. The van der Waals surface area contributed by atoms with E-state index in [9.17, 15) is 13.2 Å². The lowest BCUT2D eigenvalue weighted by atomic mass is 10.0. The molecule has 32 heavy (non-hydrogen) atoms. The lowest BCUT2D eigenvalue weighted by Gasteiger charge is -2.25. The third-order valence-electron chi connectivity index (χ3n) is 5.85. The fraction of sp³-hybridized carbons (Fsp3) is 0.348. The summed E-state index contributed by atoms with van der Waals surface area (Å²) in [4.78, 5) is 24.1. The van der Waals surface area contributed by atoms with Crippen molar-refractivity contribution in [3.8, 4) is 0 Å². The van der Waals surface area contributed by atoms with Gasteiger partial charge in [-0.25, -0.2) is 13.4 Å². The molecule has 166 valence electrons. The quantitative estimate of drug-likeness (QED) is 0.585. The van der Waals surface area contributed by atoms with Crippen LogP contribution in [0.4, 0.5) is 5.69 Å². The Bertz CT molecular complexity index is 1360. The smallest absolute Gasteiger partial charge is 0.258 e. The molecule has 7 nitrogen and oxygen atoms in total. The van der Waals surface area contributed by atoms with Crippen LogP contribution < -0.4 is 10.5 Å². The summed E-state index contributed by atoms with van der Waals surface area (Å²) in [6, 6.07) is 15.1. The number of benzene rings is 1. The molecule has 0 radical (unpaired) electrons. The Kier molecular flexibility index (Phi) is 5.33. The maximum Gasteiger partial charge on any atom is 0.258 e. The number of aromatic nitrogens is 2. The molecule has 5 rings (SSSR count). The summed E-state index contributed by atoms with van der Waals surface area (Å²) in [6.45, 7) is 4.68. The Labute approximate surface area is 191 Å². The highest BCUT2D eigenvalue weighted by Crippen LogP contribution is 2.37. The Morgan fingerprint density at radius 1 is 1.16 bits per heavy atom. The van der Waals surface area contributed by atoms with E-state index >= 15 is 0 Å². The SMILES string of the molecule is CC(C)c1ccc(N(Cc2cc(=O)n3ccccc3n2)C2=N[C@H]3CS(=O)(=O)C[C@@H]3S2)cc1. The number of sulfone groups is 1. The Hall–Kier alpha value is -2.65. The minimum absolute atomic E-state index is 0.0531. The molecule has 1 aromatic carbocycles. The standard InChI is InChI=1S/C23H24N4O3S2/c1-15(2)16-6-8-18(9-7-16)27(23-25-19-13-32(29,30)14-20(19)31-23)12-17-11-22(28)26-10-4-3-5-21(26)24-17/h3-11,15,19-20H,12-14H2,1-2H3/t19-,20-/m0/s1. The van der Waals surface area contributed by atoms with Crippen molar-refractivity contribution >= 4 is 38.1 Å². The zero-order chi connectivity index (χ0) is 22.5. The minimum atomic E-state index is -3.03. The predicted octanol–water partition coefficient (Wildman–Crippen LogP) is 3.09. The maximum absolute atomic E-state index is 12.6. The van der Waals surface area contributed by atoms with Crippen LogP contribution in [-0.2, 0) is 16.4 Å². The van der Waals surface area contributed by atoms with Gasteiger partial charge in [-0.1, -0.05) is 43.8 Å². The van der Waals surface area contributed by atoms with E-state index in [4.69, 9.17) is 4.99 Å². The molecule has 2 aliphatic heterocycles. The molecule has 0 saturated carbocycles. The molecule has 9 heteroatoms. The van der Waals surface area contributed by atoms with Crippen LogP contribution in [0.3, 0.4) is 0 Å². The van der Waals surface area contributed by atoms with E-state index in [2.05, 4.69) is 43.1 Å². The number of rotatable bonds is 4. The topological polar surface area (TPSA) is 84.1 Å². The lowest BCUT2D eigenvalue weighted by molar-refractivity contribution is 0.601. The second-order valence-corrected chi connectivity index (χ2v) is 11.9. The molecule has 2 atom stereocenters. The molecule has 1 fully saturated rings. The second kappa shape index (κ2) is 8.04. The molecule has 2 aliphatic rings. The van der Waals surface area contributed by atoms with Gasteiger partial charge in [-0.15, -0.1) is 0 Å². The van der Waals surface area contributed by atoms with Crippen LogP contribution in [0.15, 0.2) is 64.5 Å². The van der Waals surface area contributed by atoms with Crippen molar-refractivity contribution in [2.45, 2.75) is 37.6 Å². The number of fused-ring (bicyclic) bond motifs is 2. The van der Waals surface area contributed by atoms with E-state index in [1.807, 2.05) is 17.0 Å². The van der Waals surface area contributed by atoms with Crippen molar-refractivity contribution in [3.63, 3.8) is 0 Å². The zero-order valence-corrected chi connectivity index (χ0v) is 19.5. The Morgan fingerprint density at radius 2 is 1.94 bits per heavy atom. The monoisotopic (exact) mass is 468 g/mol. The van der Waals surface area contributed by atoms with Crippen molar-refractivity contribution in [2.24, 2.45) is 4.99 Å². The van der Waals surface area contributed by atoms with Crippen LogP contribution in [0.1, 0.15) is 31.0 Å². The molecular formula is C23H24N4O3S2. The highest BCUT2D eigenvalue weighted by atomic mass is 32.2. The first-order valence-corrected chi connectivity index (χ1v) is 13.3. The third kappa shape index (κ3) is 4.06. The highest BCUT2D eigenvalue weighted by Gasteiger charge is 2.44. The summed E-state index contributed by atoms with van der Waals surface area (Å²) >= 11 is 1.51. The number of aliphatic imine (C=N–C) groups is 1.